The Balaban J connectivity index is 1.64. The molecule has 2 aliphatic heterocycles. The normalized spacial score (nSPS) is 17.8. The lowest BCUT2D eigenvalue weighted by molar-refractivity contribution is -0.138. The molecule has 2 amide bonds. The summed E-state index contributed by atoms with van der Waals surface area (Å²) >= 11 is 0. The van der Waals surface area contributed by atoms with Crippen LogP contribution in [0, 0.1) is 0 Å². The van der Waals surface area contributed by atoms with Crippen LogP contribution in [0.3, 0.4) is 0 Å². The lowest BCUT2D eigenvalue weighted by atomic mass is 10.1. The highest BCUT2D eigenvalue weighted by molar-refractivity contribution is 5.93. The molecule has 0 unspecified atom stereocenters. The van der Waals surface area contributed by atoms with Gasteiger partial charge in [0.15, 0.2) is 0 Å². The van der Waals surface area contributed by atoms with Crippen LogP contribution in [-0.4, -0.2) is 69.4 Å². The van der Waals surface area contributed by atoms with Gasteiger partial charge in [-0.25, -0.2) is 9.59 Å². The average Bonchev–Trinajstić information content (AvgIpc) is 2.70. The van der Waals surface area contributed by atoms with Crippen LogP contribution in [0.5, 0.6) is 5.75 Å². The summed E-state index contributed by atoms with van der Waals surface area (Å²) < 4.78 is 10.9. The number of urea groups is 1. The number of amides is 2. The minimum atomic E-state index is -0.380. The van der Waals surface area contributed by atoms with Crippen molar-refractivity contribution in [3.05, 3.63) is 35.5 Å². The van der Waals surface area contributed by atoms with E-state index in [1.54, 1.807) is 6.92 Å². The first-order chi connectivity index (χ1) is 13.6. The first-order valence-electron chi connectivity index (χ1n) is 9.75. The second kappa shape index (κ2) is 9.45. The second-order valence-corrected chi connectivity index (χ2v) is 6.65. The molecule has 0 atom stereocenters. The van der Waals surface area contributed by atoms with Crippen LogP contribution >= 0.6 is 0 Å². The minimum absolute atomic E-state index is 0.196. The number of carbonyl (C=O) groups is 2. The number of ether oxygens (including phenoxy) is 2. The predicted molar refractivity (Wildman–Crippen MR) is 106 cm³/mol. The molecule has 0 spiro atoms. The molecular weight excluding hydrogens is 360 g/mol. The van der Waals surface area contributed by atoms with Crippen LogP contribution in [0.1, 0.15) is 13.8 Å². The lowest BCUT2D eigenvalue weighted by Crippen LogP contribution is -2.51. The molecule has 0 saturated carbocycles. The summed E-state index contributed by atoms with van der Waals surface area (Å²) in [6, 6.07) is 7.78. The van der Waals surface area contributed by atoms with Gasteiger partial charge in [0.1, 0.15) is 5.75 Å². The molecule has 0 aromatic heterocycles. The number of piperazine rings is 1. The van der Waals surface area contributed by atoms with Gasteiger partial charge < -0.3 is 25.0 Å². The van der Waals surface area contributed by atoms with Crippen LogP contribution in [-0.2, 0) is 9.53 Å². The van der Waals surface area contributed by atoms with Crippen molar-refractivity contribution >= 4 is 17.7 Å². The van der Waals surface area contributed by atoms with E-state index in [4.69, 9.17) is 9.47 Å². The minimum Gasteiger partial charge on any atom is -0.492 e. The van der Waals surface area contributed by atoms with E-state index in [2.05, 4.69) is 26.5 Å². The second-order valence-electron chi connectivity index (χ2n) is 6.65. The van der Waals surface area contributed by atoms with E-state index in [1.165, 1.54) is 0 Å². The van der Waals surface area contributed by atoms with E-state index >= 15 is 0 Å². The molecule has 2 aliphatic rings. The third-order valence-electron chi connectivity index (χ3n) is 4.84. The van der Waals surface area contributed by atoms with Gasteiger partial charge in [0.05, 0.1) is 31.0 Å². The zero-order valence-corrected chi connectivity index (χ0v) is 16.5. The van der Waals surface area contributed by atoms with Gasteiger partial charge >= 0.3 is 12.0 Å². The first-order valence-corrected chi connectivity index (χ1v) is 9.75. The van der Waals surface area contributed by atoms with Crippen molar-refractivity contribution in [1.82, 2.24) is 15.5 Å². The van der Waals surface area contributed by atoms with Crippen molar-refractivity contribution in [2.75, 3.05) is 57.4 Å². The fourth-order valence-corrected chi connectivity index (χ4v) is 3.45. The van der Waals surface area contributed by atoms with Crippen molar-refractivity contribution in [3.63, 3.8) is 0 Å². The first kappa shape index (κ1) is 20.0. The van der Waals surface area contributed by atoms with E-state index in [0.717, 1.165) is 37.6 Å². The highest BCUT2D eigenvalue weighted by atomic mass is 16.5. The third kappa shape index (κ3) is 4.75. The molecule has 0 bridgehead atoms. The molecule has 1 saturated heterocycles. The van der Waals surface area contributed by atoms with Crippen LogP contribution in [0.15, 0.2) is 35.5 Å². The maximum atomic E-state index is 12.2. The molecule has 152 valence electrons. The summed E-state index contributed by atoms with van der Waals surface area (Å²) in [5.41, 5.74) is 2.22. The molecule has 0 aliphatic carbocycles. The molecular formula is C20H28N4O4. The van der Waals surface area contributed by atoms with Crippen molar-refractivity contribution < 1.29 is 19.1 Å². The molecule has 2 heterocycles. The van der Waals surface area contributed by atoms with E-state index in [-0.39, 0.29) is 18.5 Å². The van der Waals surface area contributed by atoms with Crippen molar-refractivity contribution in [2.24, 2.45) is 0 Å². The molecule has 1 fully saturated rings. The SMILES string of the molecule is CCOC(=O)C1=C(CN2CCN(c3ccccc3OCC)CC2)NC(=O)NC1. The number of nitrogens with zero attached hydrogens (tertiary/aromatic N) is 2. The Morgan fingerprint density at radius 3 is 2.57 bits per heavy atom. The monoisotopic (exact) mass is 388 g/mol. The molecule has 1 aromatic rings. The quantitative estimate of drug-likeness (QED) is 0.686. The highest BCUT2D eigenvalue weighted by Crippen LogP contribution is 2.29. The van der Waals surface area contributed by atoms with Gasteiger partial charge in [0, 0.05) is 38.4 Å². The molecule has 1 aromatic carbocycles. The highest BCUT2D eigenvalue weighted by Gasteiger charge is 2.27. The smallest absolute Gasteiger partial charge is 0.337 e. The van der Waals surface area contributed by atoms with Gasteiger partial charge in [-0.15, -0.1) is 0 Å². The molecule has 8 nitrogen and oxygen atoms in total. The Hall–Kier alpha value is -2.74. The topological polar surface area (TPSA) is 83.1 Å². The van der Waals surface area contributed by atoms with E-state index < -0.39 is 0 Å². The number of hydrogen-bond acceptors (Lipinski definition) is 6. The van der Waals surface area contributed by atoms with Gasteiger partial charge in [0.25, 0.3) is 0 Å². The summed E-state index contributed by atoms with van der Waals surface area (Å²) in [5.74, 6) is 0.519. The Kier molecular flexibility index (Phi) is 6.76. The van der Waals surface area contributed by atoms with Gasteiger partial charge in [-0.3, -0.25) is 4.90 Å². The summed E-state index contributed by atoms with van der Waals surface area (Å²) in [5, 5.41) is 5.41. The van der Waals surface area contributed by atoms with Crippen LogP contribution < -0.4 is 20.3 Å². The standard InChI is InChI=1S/C20H28N4O4/c1-3-27-18-8-6-5-7-17(18)24-11-9-23(10-12-24)14-16-15(19(25)28-4-2)13-21-20(26)22-16/h5-8H,3-4,9-14H2,1-2H3,(H2,21,22,26). The van der Waals surface area contributed by atoms with Crippen molar-refractivity contribution in [2.45, 2.75) is 13.8 Å². The number of anilines is 1. The number of para-hydroxylation sites is 2. The summed E-state index contributed by atoms with van der Waals surface area (Å²) in [6.45, 7) is 8.74. The molecule has 28 heavy (non-hydrogen) atoms. The van der Waals surface area contributed by atoms with Crippen LogP contribution in [0.25, 0.3) is 0 Å². The number of rotatable bonds is 7. The Morgan fingerprint density at radius 2 is 1.86 bits per heavy atom. The van der Waals surface area contributed by atoms with Crippen LogP contribution in [0.2, 0.25) is 0 Å². The van der Waals surface area contributed by atoms with Gasteiger partial charge in [-0.2, -0.15) is 0 Å². The fourth-order valence-electron chi connectivity index (χ4n) is 3.45. The zero-order chi connectivity index (χ0) is 19.9. The number of benzene rings is 1. The third-order valence-corrected chi connectivity index (χ3v) is 4.84. The summed E-state index contributed by atoms with van der Waals surface area (Å²) in [7, 11) is 0. The van der Waals surface area contributed by atoms with E-state index in [0.29, 0.717) is 31.0 Å². The largest absolute Gasteiger partial charge is 0.492 e. The van der Waals surface area contributed by atoms with E-state index in [9.17, 15) is 9.59 Å². The molecule has 8 heteroatoms. The number of carbonyl (C=O) groups excluding carboxylic acids is 2. The van der Waals surface area contributed by atoms with Crippen LogP contribution in [0.4, 0.5) is 10.5 Å². The average molecular weight is 388 g/mol. The summed E-state index contributed by atoms with van der Waals surface area (Å²) in [4.78, 5) is 28.5. The van der Waals surface area contributed by atoms with E-state index in [1.807, 2.05) is 25.1 Å². The number of esters is 1. The Morgan fingerprint density at radius 1 is 1.11 bits per heavy atom. The molecule has 3 rings (SSSR count). The summed E-state index contributed by atoms with van der Waals surface area (Å²) in [6.07, 6.45) is 0. The van der Waals surface area contributed by atoms with Crippen molar-refractivity contribution in [3.8, 4) is 5.75 Å². The maximum absolute atomic E-state index is 12.2. The van der Waals surface area contributed by atoms with Crippen molar-refractivity contribution in [1.29, 1.82) is 0 Å². The molecule has 2 N–H and O–H groups in total. The molecule has 0 radical (unpaired) electrons. The predicted octanol–water partition coefficient (Wildman–Crippen LogP) is 1.34. The van der Waals surface area contributed by atoms with Gasteiger partial charge in [-0.05, 0) is 26.0 Å². The maximum Gasteiger partial charge on any atom is 0.337 e. The van der Waals surface area contributed by atoms with Gasteiger partial charge in [-0.1, -0.05) is 12.1 Å². The Bertz CT molecular complexity index is 741. The number of nitrogens with one attached hydrogen (secondary N) is 2. The lowest BCUT2D eigenvalue weighted by Gasteiger charge is -2.37. The van der Waals surface area contributed by atoms with Gasteiger partial charge in [0.2, 0.25) is 0 Å². The zero-order valence-electron chi connectivity index (χ0n) is 16.5. The fraction of sp³-hybridized carbons (Fsp3) is 0.500. The number of hydrogen-bond donors (Lipinski definition) is 2. The Labute approximate surface area is 165 Å².